The monoisotopic (exact) mass is 308 g/mol. The van der Waals surface area contributed by atoms with Crippen LogP contribution in [0.2, 0.25) is 0 Å². The third-order valence-corrected chi connectivity index (χ3v) is 3.02. The van der Waals surface area contributed by atoms with Crippen molar-refractivity contribution in [3.63, 3.8) is 0 Å². The molecule has 0 fully saturated rings. The summed E-state index contributed by atoms with van der Waals surface area (Å²) < 4.78 is 0. The summed E-state index contributed by atoms with van der Waals surface area (Å²) in [6.45, 7) is 0. The van der Waals surface area contributed by atoms with E-state index in [1.165, 1.54) is 12.3 Å². The molecule has 0 aromatic carbocycles. The first-order chi connectivity index (χ1) is 9.94. The maximum atomic E-state index is 11.8. The zero-order valence-electron chi connectivity index (χ0n) is 10.2. The first-order valence-corrected chi connectivity index (χ1v) is 6.27. The number of hydrogen-bond acceptors (Lipinski definition) is 6. The molecule has 0 saturated heterocycles. The highest BCUT2D eigenvalue weighted by molar-refractivity contribution is 7.16. The van der Waals surface area contributed by atoms with E-state index in [1.807, 2.05) is 4.98 Å². The van der Waals surface area contributed by atoms with Crippen molar-refractivity contribution in [2.75, 3.05) is 5.32 Å². The predicted octanol–water partition coefficient (Wildman–Crippen LogP) is -0.130. The summed E-state index contributed by atoms with van der Waals surface area (Å²) in [5, 5.41) is 11.1. The Morgan fingerprint density at radius 2 is 2.10 bits per heavy atom. The standard InChI is InChI=1S/C11H8N4O5S/c16-7-3-6(13-10(20)14-7)9(19)15-11-12-4-5(21-11)1-2-8(17)18/h1-4H,(H,17,18)(H,12,15,19)(H2,13,14,16,20). The number of hydrogen-bond donors (Lipinski definition) is 4. The number of carboxylic acids is 1. The molecule has 21 heavy (non-hydrogen) atoms. The Morgan fingerprint density at radius 3 is 2.76 bits per heavy atom. The van der Waals surface area contributed by atoms with Gasteiger partial charge in [0.25, 0.3) is 11.5 Å². The summed E-state index contributed by atoms with van der Waals surface area (Å²) in [4.78, 5) is 52.8. The van der Waals surface area contributed by atoms with Crippen LogP contribution in [-0.2, 0) is 4.79 Å². The zero-order valence-corrected chi connectivity index (χ0v) is 11.1. The van der Waals surface area contributed by atoms with Crippen molar-refractivity contribution in [2.24, 2.45) is 0 Å². The highest BCUT2D eigenvalue weighted by Crippen LogP contribution is 2.19. The van der Waals surface area contributed by atoms with E-state index in [2.05, 4.69) is 15.3 Å². The number of carbonyl (C=O) groups excluding carboxylic acids is 1. The fourth-order valence-corrected chi connectivity index (χ4v) is 2.04. The maximum Gasteiger partial charge on any atom is 0.328 e. The van der Waals surface area contributed by atoms with Gasteiger partial charge in [-0.3, -0.25) is 19.9 Å². The molecule has 0 aliphatic heterocycles. The van der Waals surface area contributed by atoms with Gasteiger partial charge in [0.1, 0.15) is 5.69 Å². The normalized spacial score (nSPS) is 10.7. The number of rotatable bonds is 4. The van der Waals surface area contributed by atoms with Gasteiger partial charge in [-0.25, -0.2) is 14.6 Å². The third-order valence-electron chi connectivity index (χ3n) is 2.14. The molecule has 2 aromatic heterocycles. The molecule has 9 nitrogen and oxygen atoms in total. The van der Waals surface area contributed by atoms with Crippen LogP contribution in [0.3, 0.4) is 0 Å². The summed E-state index contributed by atoms with van der Waals surface area (Å²) in [7, 11) is 0. The lowest BCUT2D eigenvalue weighted by atomic mass is 10.4. The Hall–Kier alpha value is -3.01. The first-order valence-electron chi connectivity index (χ1n) is 5.46. The Labute approximate surface area is 120 Å². The summed E-state index contributed by atoms with van der Waals surface area (Å²) >= 11 is 1.04. The van der Waals surface area contributed by atoms with Crippen LogP contribution in [0.25, 0.3) is 6.08 Å². The molecule has 2 aromatic rings. The van der Waals surface area contributed by atoms with Crippen LogP contribution in [-0.4, -0.2) is 31.9 Å². The van der Waals surface area contributed by atoms with E-state index in [0.717, 1.165) is 23.5 Å². The summed E-state index contributed by atoms with van der Waals surface area (Å²) in [5.41, 5.74) is -1.70. The molecule has 4 N–H and O–H groups in total. The molecular weight excluding hydrogens is 300 g/mol. The van der Waals surface area contributed by atoms with Gasteiger partial charge >= 0.3 is 11.7 Å². The van der Waals surface area contributed by atoms with Gasteiger partial charge in [-0.2, -0.15) is 0 Å². The van der Waals surface area contributed by atoms with Crippen molar-refractivity contribution >= 4 is 34.4 Å². The minimum Gasteiger partial charge on any atom is -0.478 e. The molecule has 0 spiro atoms. The minimum atomic E-state index is -1.10. The van der Waals surface area contributed by atoms with E-state index in [1.54, 1.807) is 0 Å². The van der Waals surface area contributed by atoms with Crippen LogP contribution < -0.4 is 16.6 Å². The molecule has 0 unspecified atom stereocenters. The molecule has 2 rings (SSSR count). The number of carboxylic acid groups (broad SMARTS) is 1. The average molecular weight is 308 g/mol. The molecule has 0 radical (unpaired) electrons. The van der Waals surface area contributed by atoms with Gasteiger partial charge in [0.2, 0.25) is 0 Å². The number of aromatic amines is 2. The maximum absolute atomic E-state index is 11.8. The molecule has 0 aliphatic rings. The molecule has 0 atom stereocenters. The number of carbonyl (C=O) groups is 2. The van der Waals surface area contributed by atoms with Crippen LogP contribution in [0.5, 0.6) is 0 Å². The SMILES string of the molecule is O=C(O)C=Cc1cnc(NC(=O)c2cc(=O)[nH]c(=O)[nH]2)s1. The number of nitrogens with zero attached hydrogens (tertiary/aromatic N) is 1. The Morgan fingerprint density at radius 1 is 1.33 bits per heavy atom. The predicted molar refractivity (Wildman–Crippen MR) is 74.4 cm³/mol. The quantitative estimate of drug-likeness (QED) is 0.579. The number of aromatic nitrogens is 3. The van der Waals surface area contributed by atoms with Crippen molar-refractivity contribution in [1.29, 1.82) is 0 Å². The second-order valence-corrected chi connectivity index (χ2v) is 4.76. The largest absolute Gasteiger partial charge is 0.478 e. The minimum absolute atomic E-state index is 0.200. The van der Waals surface area contributed by atoms with Gasteiger partial charge in [0.05, 0.1) is 0 Å². The number of thiazole rings is 1. The number of H-pyrrole nitrogens is 2. The molecule has 0 bridgehead atoms. The fraction of sp³-hybridized carbons (Fsp3) is 0. The Kier molecular flexibility index (Phi) is 4.09. The van der Waals surface area contributed by atoms with E-state index in [4.69, 9.17) is 5.11 Å². The molecule has 108 valence electrons. The topological polar surface area (TPSA) is 145 Å². The molecule has 10 heteroatoms. The zero-order chi connectivity index (χ0) is 15.4. The van der Waals surface area contributed by atoms with E-state index in [0.29, 0.717) is 4.88 Å². The second-order valence-electron chi connectivity index (χ2n) is 3.69. The van der Waals surface area contributed by atoms with Gasteiger partial charge in [0.15, 0.2) is 5.13 Å². The number of amides is 1. The van der Waals surface area contributed by atoms with Crippen LogP contribution in [0.15, 0.2) is 27.9 Å². The third kappa shape index (κ3) is 3.98. The number of aliphatic carboxylic acids is 1. The molecule has 1 amide bonds. The van der Waals surface area contributed by atoms with Gasteiger partial charge in [-0.05, 0) is 6.08 Å². The van der Waals surface area contributed by atoms with Crippen LogP contribution in [0.1, 0.15) is 15.4 Å². The summed E-state index contributed by atoms with van der Waals surface area (Å²) in [5.74, 6) is -1.81. The lowest BCUT2D eigenvalue weighted by Crippen LogP contribution is -2.27. The molecular formula is C11H8N4O5S. The molecule has 0 saturated carbocycles. The van der Waals surface area contributed by atoms with Crippen molar-refractivity contribution in [1.82, 2.24) is 15.0 Å². The van der Waals surface area contributed by atoms with E-state index < -0.39 is 23.1 Å². The van der Waals surface area contributed by atoms with Crippen molar-refractivity contribution in [3.8, 4) is 0 Å². The first kappa shape index (κ1) is 14.4. The van der Waals surface area contributed by atoms with Crippen LogP contribution in [0.4, 0.5) is 5.13 Å². The van der Waals surface area contributed by atoms with E-state index >= 15 is 0 Å². The lowest BCUT2D eigenvalue weighted by Gasteiger charge is -1.99. The number of anilines is 1. The van der Waals surface area contributed by atoms with Gasteiger partial charge in [-0.1, -0.05) is 11.3 Å². The average Bonchev–Trinajstić information content (AvgIpc) is 2.83. The highest BCUT2D eigenvalue weighted by Gasteiger charge is 2.10. The number of nitrogens with one attached hydrogen (secondary N) is 3. The van der Waals surface area contributed by atoms with Crippen molar-refractivity contribution in [2.45, 2.75) is 0 Å². The lowest BCUT2D eigenvalue weighted by molar-refractivity contribution is -0.131. The fourth-order valence-electron chi connectivity index (χ4n) is 1.33. The molecule has 2 heterocycles. The van der Waals surface area contributed by atoms with E-state index in [-0.39, 0.29) is 10.8 Å². The van der Waals surface area contributed by atoms with Crippen LogP contribution >= 0.6 is 11.3 Å². The van der Waals surface area contributed by atoms with E-state index in [9.17, 15) is 19.2 Å². The van der Waals surface area contributed by atoms with Crippen LogP contribution in [0, 0.1) is 0 Å². The van der Waals surface area contributed by atoms with Gasteiger partial charge in [0, 0.05) is 23.2 Å². The van der Waals surface area contributed by atoms with Crippen molar-refractivity contribution in [3.05, 3.63) is 49.7 Å². The Bertz CT molecular complexity index is 803. The van der Waals surface area contributed by atoms with Gasteiger partial charge < -0.3 is 10.1 Å². The van der Waals surface area contributed by atoms with Gasteiger partial charge in [-0.15, -0.1) is 0 Å². The highest BCUT2D eigenvalue weighted by atomic mass is 32.1. The van der Waals surface area contributed by atoms with Crippen molar-refractivity contribution < 1.29 is 14.7 Å². The Balaban J connectivity index is 2.14. The summed E-state index contributed by atoms with van der Waals surface area (Å²) in [6, 6.07) is 0.940. The molecule has 0 aliphatic carbocycles. The smallest absolute Gasteiger partial charge is 0.328 e. The summed E-state index contributed by atoms with van der Waals surface area (Å²) in [6.07, 6.45) is 3.64. The second kappa shape index (κ2) is 5.96.